The van der Waals surface area contributed by atoms with Gasteiger partial charge in [0, 0.05) is 34.0 Å². The Morgan fingerprint density at radius 1 is 1.53 bits per heavy atom. The van der Waals surface area contributed by atoms with Crippen LogP contribution in [0.1, 0.15) is 25.1 Å². The van der Waals surface area contributed by atoms with Gasteiger partial charge in [0.1, 0.15) is 0 Å². The van der Waals surface area contributed by atoms with E-state index in [9.17, 15) is 0 Å². The molecule has 3 nitrogen and oxygen atoms in total. The van der Waals surface area contributed by atoms with Crippen LogP contribution in [0.4, 0.5) is 0 Å². The van der Waals surface area contributed by atoms with Crippen molar-refractivity contribution in [3.8, 4) is 0 Å². The van der Waals surface area contributed by atoms with E-state index >= 15 is 0 Å². The third-order valence-electron chi connectivity index (χ3n) is 4.34. The molecule has 1 aromatic heterocycles. The molecule has 1 aliphatic rings. The molecular weight excluding hydrogens is 324 g/mol. The van der Waals surface area contributed by atoms with Crippen LogP contribution >= 0.6 is 27.3 Å². The summed E-state index contributed by atoms with van der Waals surface area (Å²) in [6.45, 7) is 8.16. The van der Waals surface area contributed by atoms with E-state index in [-0.39, 0.29) is 11.6 Å². The average molecular weight is 347 g/mol. The van der Waals surface area contributed by atoms with E-state index in [0.29, 0.717) is 0 Å². The van der Waals surface area contributed by atoms with Crippen molar-refractivity contribution < 1.29 is 4.74 Å². The molecule has 2 atom stereocenters. The summed E-state index contributed by atoms with van der Waals surface area (Å²) in [6, 6.07) is 2.25. The zero-order valence-corrected chi connectivity index (χ0v) is 14.1. The fraction of sp³-hybridized carbons (Fsp3) is 0.714. The van der Waals surface area contributed by atoms with Crippen molar-refractivity contribution in [3.05, 3.63) is 20.8 Å². The van der Waals surface area contributed by atoms with Crippen molar-refractivity contribution in [2.24, 2.45) is 5.73 Å². The van der Waals surface area contributed by atoms with Crippen LogP contribution in [0.15, 0.2) is 15.9 Å². The van der Waals surface area contributed by atoms with Gasteiger partial charge in [-0.3, -0.25) is 4.90 Å². The summed E-state index contributed by atoms with van der Waals surface area (Å²) in [6.07, 6.45) is 2.00. The van der Waals surface area contributed by atoms with Crippen LogP contribution in [0.3, 0.4) is 0 Å². The van der Waals surface area contributed by atoms with Crippen molar-refractivity contribution >= 4 is 27.3 Å². The summed E-state index contributed by atoms with van der Waals surface area (Å²) in [5.74, 6) is 0. The Bertz CT molecular complexity index is 406. The summed E-state index contributed by atoms with van der Waals surface area (Å²) in [5.41, 5.74) is 6.61. The largest absolute Gasteiger partial charge is 0.379 e. The van der Waals surface area contributed by atoms with Gasteiger partial charge in [-0.15, -0.1) is 11.3 Å². The second-order valence-corrected chi connectivity index (χ2v) is 7.17. The summed E-state index contributed by atoms with van der Waals surface area (Å²) in [5, 5.41) is 2.12. The molecule has 0 radical (unpaired) electrons. The van der Waals surface area contributed by atoms with Gasteiger partial charge >= 0.3 is 0 Å². The van der Waals surface area contributed by atoms with Crippen LogP contribution in [0.25, 0.3) is 0 Å². The Balaban J connectivity index is 2.08. The molecule has 0 aromatic carbocycles. The molecule has 2 unspecified atom stereocenters. The summed E-state index contributed by atoms with van der Waals surface area (Å²) in [7, 11) is 0. The van der Waals surface area contributed by atoms with Gasteiger partial charge in [0.15, 0.2) is 0 Å². The number of hydrogen-bond donors (Lipinski definition) is 1. The molecule has 0 spiro atoms. The minimum atomic E-state index is 0.0488. The molecule has 0 bridgehead atoms. The average Bonchev–Trinajstić information content (AvgIpc) is 2.84. The molecule has 1 aromatic rings. The van der Waals surface area contributed by atoms with E-state index in [1.807, 2.05) is 0 Å². The number of nitrogens with two attached hydrogens (primary N) is 1. The first-order valence-corrected chi connectivity index (χ1v) is 8.55. The molecule has 5 heteroatoms. The minimum Gasteiger partial charge on any atom is -0.379 e. The number of hydrogen-bond acceptors (Lipinski definition) is 4. The van der Waals surface area contributed by atoms with E-state index < -0.39 is 0 Å². The highest BCUT2D eigenvalue weighted by Crippen LogP contribution is 2.30. The minimum absolute atomic E-state index is 0.0488. The van der Waals surface area contributed by atoms with Gasteiger partial charge < -0.3 is 10.5 Å². The quantitative estimate of drug-likeness (QED) is 0.890. The number of nitrogens with zero attached hydrogens (tertiary/aromatic N) is 1. The monoisotopic (exact) mass is 346 g/mol. The Morgan fingerprint density at radius 2 is 2.21 bits per heavy atom. The van der Waals surface area contributed by atoms with Crippen LogP contribution in [-0.4, -0.2) is 42.8 Å². The molecule has 0 saturated carbocycles. The second kappa shape index (κ2) is 6.68. The summed E-state index contributed by atoms with van der Waals surface area (Å²) < 4.78 is 6.64. The first-order chi connectivity index (χ1) is 9.08. The van der Waals surface area contributed by atoms with Crippen molar-refractivity contribution in [1.29, 1.82) is 0 Å². The molecule has 2 N–H and O–H groups in total. The lowest BCUT2D eigenvalue weighted by molar-refractivity contribution is -0.0271. The Kier molecular flexibility index (Phi) is 5.43. The molecule has 1 fully saturated rings. The molecular formula is C14H23BrN2OS. The zero-order chi connectivity index (χ0) is 13.9. The van der Waals surface area contributed by atoms with Gasteiger partial charge in [-0.25, -0.2) is 0 Å². The first-order valence-electron chi connectivity index (χ1n) is 6.88. The van der Waals surface area contributed by atoms with Gasteiger partial charge in [0.05, 0.1) is 13.2 Å². The molecule has 19 heavy (non-hydrogen) atoms. The number of thiophene rings is 1. The van der Waals surface area contributed by atoms with E-state index in [4.69, 9.17) is 10.5 Å². The van der Waals surface area contributed by atoms with Crippen LogP contribution in [0, 0.1) is 0 Å². The predicted octanol–water partition coefficient (Wildman–Crippen LogP) is 2.88. The van der Waals surface area contributed by atoms with Gasteiger partial charge in [0.25, 0.3) is 0 Å². The van der Waals surface area contributed by atoms with Gasteiger partial charge in [-0.2, -0.15) is 0 Å². The Labute approximate surface area is 128 Å². The van der Waals surface area contributed by atoms with Crippen LogP contribution < -0.4 is 5.73 Å². The van der Waals surface area contributed by atoms with Gasteiger partial charge in [0.2, 0.25) is 0 Å². The van der Waals surface area contributed by atoms with Crippen LogP contribution in [0.5, 0.6) is 0 Å². The normalized spacial score (nSPS) is 22.1. The third-order valence-corrected chi connectivity index (χ3v) is 6.29. The number of ether oxygens (including phenoxy) is 1. The molecule has 0 aliphatic carbocycles. The molecule has 2 rings (SSSR count). The fourth-order valence-electron chi connectivity index (χ4n) is 2.68. The number of halogens is 1. The molecule has 1 aliphatic heterocycles. The highest BCUT2D eigenvalue weighted by Gasteiger charge is 2.37. The summed E-state index contributed by atoms with van der Waals surface area (Å²) in [4.78, 5) is 3.85. The third kappa shape index (κ3) is 3.39. The number of morpholine rings is 1. The zero-order valence-electron chi connectivity index (χ0n) is 11.7. The highest BCUT2D eigenvalue weighted by molar-refractivity contribution is 9.10. The second-order valence-electron chi connectivity index (χ2n) is 5.31. The van der Waals surface area contributed by atoms with Crippen molar-refractivity contribution in [2.75, 3.05) is 26.3 Å². The molecule has 0 amide bonds. The highest BCUT2D eigenvalue weighted by atomic mass is 79.9. The van der Waals surface area contributed by atoms with Crippen LogP contribution in [0.2, 0.25) is 0 Å². The topological polar surface area (TPSA) is 38.5 Å². The van der Waals surface area contributed by atoms with E-state index in [2.05, 4.69) is 46.1 Å². The van der Waals surface area contributed by atoms with Crippen molar-refractivity contribution in [3.63, 3.8) is 0 Å². The molecule has 1 saturated heterocycles. The molecule has 2 heterocycles. The van der Waals surface area contributed by atoms with Crippen LogP contribution in [-0.2, 0) is 11.2 Å². The van der Waals surface area contributed by atoms with E-state index in [0.717, 1.165) is 39.1 Å². The lowest BCUT2D eigenvalue weighted by Crippen LogP contribution is -2.61. The van der Waals surface area contributed by atoms with E-state index in [1.54, 1.807) is 11.3 Å². The Morgan fingerprint density at radius 3 is 2.74 bits per heavy atom. The van der Waals surface area contributed by atoms with Gasteiger partial charge in [-0.1, -0.05) is 6.92 Å². The summed E-state index contributed by atoms with van der Waals surface area (Å²) >= 11 is 5.38. The maximum Gasteiger partial charge on any atom is 0.0594 e. The number of rotatable bonds is 5. The predicted molar refractivity (Wildman–Crippen MR) is 84.8 cm³/mol. The smallest absolute Gasteiger partial charge is 0.0594 e. The lowest BCUT2D eigenvalue weighted by Gasteiger charge is -2.46. The van der Waals surface area contributed by atoms with Crippen molar-refractivity contribution in [2.45, 2.75) is 38.3 Å². The first kappa shape index (κ1) is 15.4. The lowest BCUT2D eigenvalue weighted by atomic mass is 9.85. The standard InChI is InChI=1S/C14H23BrN2OS/c1-3-14(2,17-5-7-18-8-6-17)13(16)10-12-11(15)4-9-19-12/h4,9,13H,3,5-8,10,16H2,1-2H3. The SMILES string of the molecule is CCC(C)(C(N)Cc1sccc1Br)N1CCOCC1. The Hall–Kier alpha value is 0.0600. The maximum atomic E-state index is 6.56. The molecule has 108 valence electrons. The van der Waals surface area contributed by atoms with Crippen molar-refractivity contribution in [1.82, 2.24) is 4.90 Å². The maximum absolute atomic E-state index is 6.56. The van der Waals surface area contributed by atoms with E-state index in [1.165, 1.54) is 9.35 Å². The fourth-order valence-corrected chi connectivity index (χ4v) is 4.26. The van der Waals surface area contributed by atoms with Gasteiger partial charge in [-0.05, 0) is 47.1 Å².